The monoisotopic (exact) mass is 986 g/mol. The first-order valence-electron chi connectivity index (χ1n) is 27.5. The van der Waals surface area contributed by atoms with Crippen molar-refractivity contribution in [3.8, 4) is 45.8 Å². The summed E-state index contributed by atoms with van der Waals surface area (Å²) in [5, 5.41) is 0. The molecule has 0 amide bonds. The Labute approximate surface area is 448 Å². The van der Waals surface area contributed by atoms with Gasteiger partial charge in [0.2, 0.25) is 11.8 Å². The molecule has 0 saturated heterocycles. The van der Waals surface area contributed by atoms with E-state index in [1.165, 1.54) is 33.2 Å². The van der Waals surface area contributed by atoms with E-state index in [4.69, 9.17) is 19.4 Å². The van der Waals surface area contributed by atoms with E-state index >= 15 is 0 Å². The predicted molar refractivity (Wildman–Crippen MR) is 315 cm³/mol. The number of hydrogen-bond donors (Lipinski definition) is 0. The molecule has 6 heterocycles. The van der Waals surface area contributed by atoms with Crippen LogP contribution in [-0.4, -0.2) is 23.4 Å². The van der Waals surface area contributed by atoms with E-state index in [1.54, 1.807) is 0 Å². The van der Waals surface area contributed by atoms with Crippen molar-refractivity contribution in [3.63, 3.8) is 0 Å². The molecule has 2 aliphatic carbocycles. The van der Waals surface area contributed by atoms with Crippen LogP contribution in [0.3, 0.4) is 0 Å². The van der Waals surface area contributed by atoms with E-state index in [-0.39, 0.29) is 35.1 Å². The highest BCUT2D eigenvalue weighted by atomic mass is 16.5. The molecule has 370 valence electrons. The molecule has 0 saturated carbocycles. The van der Waals surface area contributed by atoms with Crippen molar-refractivity contribution in [3.05, 3.63) is 192 Å². The van der Waals surface area contributed by atoms with Crippen molar-refractivity contribution >= 4 is 80.3 Å². The van der Waals surface area contributed by atoms with Gasteiger partial charge in [-0.1, -0.05) is 159 Å². The Bertz CT molecular complexity index is 3690. The average Bonchev–Trinajstić information content (AvgIpc) is 3.63. The molecule has 0 spiro atoms. The number of aromatic nitrogens is 2. The topological polar surface area (TPSA) is 50.7 Å². The summed E-state index contributed by atoms with van der Waals surface area (Å²) in [6.07, 6.45) is 4.60. The van der Waals surface area contributed by atoms with Gasteiger partial charge in [0.1, 0.15) is 11.5 Å². The summed E-state index contributed by atoms with van der Waals surface area (Å²) in [6, 6.07) is 62.6. The van der Waals surface area contributed by atoms with Crippen LogP contribution in [0.25, 0.3) is 22.5 Å². The fourth-order valence-corrected chi connectivity index (χ4v) is 14.1. The normalized spacial score (nSPS) is 17.8. The second kappa shape index (κ2) is 15.9. The third-order valence-corrected chi connectivity index (χ3v) is 18.5. The van der Waals surface area contributed by atoms with Gasteiger partial charge >= 0.3 is 0 Å². The summed E-state index contributed by atoms with van der Waals surface area (Å²) in [5.41, 5.74) is 23.3. The highest BCUT2D eigenvalue weighted by Crippen LogP contribution is 2.51. The molecule has 8 heteroatoms. The molecule has 2 aromatic heterocycles. The number of pyridine rings is 2. The molecule has 0 unspecified atom stereocenters. The van der Waals surface area contributed by atoms with Crippen molar-refractivity contribution in [1.29, 1.82) is 0 Å². The zero-order valence-corrected chi connectivity index (χ0v) is 44.8. The smallest absolute Gasteiger partial charge is 0.258 e. The third kappa shape index (κ3) is 6.61. The molecule has 7 aromatic carbocycles. The van der Waals surface area contributed by atoms with Crippen LogP contribution < -0.4 is 52.1 Å². The van der Waals surface area contributed by atoms with Crippen molar-refractivity contribution in [2.24, 2.45) is 0 Å². The first-order chi connectivity index (χ1) is 36.6. The lowest BCUT2D eigenvalue weighted by atomic mass is 9.31. The standard InChI is InChI=1S/C68H60B2N4O2/c1-65(2)31-33-67(5,6)47-35-41(27-29-45(47)65)53-38-57-61-63(71-53)75-59-40-60-52(37-51(59)69(61)49-23-15-17-25-55(49)73(57)43-19-11-9-12-20-43)70-50-24-16-18-26-56(50)74(44-21-13-10-14-22-44)58-39-54(72-64(76-60)62(58)70)42-28-30-46-48(36-42)68(7,8)34-32-66(46,3)4/h9-30,35-40H,31-34H2,1-8H3. The summed E-state index contributed by atoms with van der Waals surface area (Å²) in [7, 11) is 0. The molecule has 9 aromatic rings. The van der Waals surface area contributed by atoms with Gasteiger partial charge in [-0.2, -0.15) is 0 Å². The molecule has 0 bridgehead atoms. The van der Waals surface area contributed by atoms with Crippen LogP contribution in [0.2, 0.25) is 0 Å². The zero-order chi connectivity index (χ0) is 51.6. The lowest BCUT2D eigenvalue weighted by molar-refractivity contribution is 0.332. The average molecular weight is 987 g/mol. The van der Waals surface area contributed by atoms with Gasteiger partial charge in [-0.05, 0) is 152 Å². The minimum Gasteiger partial charge on any atom is -0.440 e. The molecule has 76 heavy (non-hydrogen) atoms. The van der Waals surface area contributed by atoms with Gasteiger partial charge in [-0.25, -0.2) is 9.97 Å². The number of nitrogens with zero attached hydrogens (tertiary/aromatic N) is 4. The Balaban J connectivity index is 0.943. The number of para-hydroxylation sites is 4. The first-order valence-corrected chi connectivity index (χ1v) is 27.5. The van der Waals surface area contributed by atoms with E-state index in [0.717, 1.165) is 116 Å². The number of benzene rings is 7. The fourth-order valence-electron chi connectivity index (χ4n) is 14.1. The SMILES string of the molecule is CC1(C)CCC(C)(C)c2cc(-c3cc4c5c(n3)Oc3cc6c(cc3B5c3ccccc3N4c3ccccc3)B3c4ccccc4N(c4ccccc4)c4cc(-c5ccc7c(c5)C(C)(C)CCC7(C)C)nc(c43)O6)ccc21. The molecule has 0 atom stereocenters. The quantitative estimate of drug-likeness (QED) is 0.164. The van der Waals surface area contributed by atoms with Gasteiger partial charge in [-0.3, -0.25) is 0 Å². The van der Waals surface area contributed by atoms with Gasteiger partial charge in [0.05, 0.1) is 11.4 Å². The van der Waals surface area contributed by atoms with E-state index in [1.807, 2.05) is 0 Å². The minimum absolute atomic E-state index is 0.0420. The van der Waals surface area contributed by atoms with Crippen LogP contribution in [-0.2, 0) is 21.7 Å². The van der Waals surface area contributed by atoms with Gasteiger partial charge in [-0.15, -0.1) is 0 Å². The maximum absolute atomic E-state index is 7.31. The highest BCUT2D eigenvalue weighted by Gasteiger charge is 2.48. The molecule has 15 rings (SSSR count). The molecule has 6 aliphatic rings. The largest absolute Gasteiger partial charge is 0.440 e. The van der Waals surface area contributed by atoms with E-state index < -0.39 is 0 Å². The Morgan fingerprint density at radius 2 is 0.750 bits per heavy atom. The van der Waals surface area contributed by atoms with E-state index in [2.05, 4.69) is 235 Å². The summed E-state index contributed by atoms with van der Waals surface area (Å²) in [5.74, 6) is 2.74. The summed E-state index contributed by atoms with van der Waals surface area (Å²) >= 11 is 0. The van der Waals surface area contributed by atoms with Gasteiger partial charge < -0.3 is 19.3 Å². The summed E-state index contributed by atoms with van der Waals surface area (Å²) < 4.78 is 14.6. The Hall–Kier alpha value is -7.83. The number of rotatable bonds is 4. The Morgan fingerprint density at radius 1 is 0.368 bits per heavy atom. The molecule has 4 aliphatic heterocycles. The lowest BCUT2D eigenvalue weighted by Crippen LogP contribution is -2.63. The van der Waals surface area contributed by atoms with Gasteiger partial charge in [0.25, 0.3) is 13.4 Å². The summed E-state index contributed by atoms with van der Waals surface area (Å²) in [6.45, 7) is 18.8. The highest BCUT2D eigenvalue weighted by molar-refractivity contribution is 7.02. The van der Waals surface area contributed by atoms with Crippen molar-refractivity contribution in [1.82, 2.24) is 9.97 Å². The second-order valence-electron chi connectivity index (χ2n) is 25.0. The van der Waals surface area contributed by atoms with Gasteiger partial charge in [0.15, 0.2) is 0 Å². The first kappa shape index (κ1) is 45.6. The maximum Gasteiger partial charge on any atom is 0.258 e. The second-order valence-corrected chi connectivity index (χ2v) is 25.0. The van der Waals surface area contributed by atoms with Crippen LogP contribution in [0.1, 0.15) is 103 Å². The molecule has 0 radical (unpaired) electrons. The van der Waals surface area contributed by atoms with Crippen molar-refractivity contribution in [2.45, 2.75) is 103 Å². The van der Waals surface area contributed by atoms with Crippen LogP contribution in [0.5, 0.6) is 23.3 Å². The summed E-state index contributed by atoms with van der Waals surface area (Å²) in [4.78, 5) is 16.0. The number of ether oxygens (including phenoxy) is 2. The zero-order valence-electron chi connectivity index (χ0n) is 44.8. The number of hydrogen-bond acceptors (Lipinski definition) is 6. The van der Waals surface area contributed by atoms with Crippen LogP contribution in [0.4, 0.5) is 34.1 Å². The van der Waals surface area contributed by atoms with E-state index in [0.29, 0.717) is 11.8 Å². The molecular formula is C68H60B2N4O2. The van der Waals surface area contributed by atoms with Gasteiger partial charge in [0, 0.05) is 62.2 Å². The van der Waals surface area contributed by atoms with Crippen LogP contribution >= 0.6 is 0 Å². The van der Waals surface area contributed by atoms with Crippen molar-refractivity contribution < 1.29 is 9.47 Å². The molecular weight excluding hydrogens is 926 g/mol. The fraction of sp³-hybridized carbons (Fsp3) is 0.235. The molecule has 0 fully saturated rings. The minimum atomic E-state index is -0.167. The van der Waals surface area contributed by atoms with Crippen LogP contribution in [0.15, 0.2) is 170 Å². The van der Waals surface area contributed by atoms with Crippen LogP contribution in [0, 0.1) is 0 Å². The Kier molecular flexibility index (Phi) is 9.51. The number of fused-ring (bicyclic) bond motifs is 10. The predicted octanol–water partition coefficient (Wildman–Crippen LogP) is 13.3. The third-order valence-electron chi connectivity index (χ3n) is 18.5. The number of anilines is 6. The molecule has 6 nitrogen and oxygen atoms in total. The molecule has 0 N–H and O–H groups in total. The Morgan fingerprint density at radius 3 is 1.17 bits per heavy atom. The van der Waals surface area contributed by atoms with Crippen molar-refractivity contribution in [2.75, 3.05) is 9.80 Å². The maximum atomic E-state index is 7.31. The lowest BCUT2D eigenvalue weighted by Gasteiger charge is -2.42. The van der Waals surface area contributed by atoms with E-state index in [9.17, 15) is 0 Å².